The zero-order chi connectivity index (χ0) is 24.7. The molecule has 184 valence electrons. The zero-order valence-corrected chi connectivity index (χ0v) is 21.1. The fraction of sp³-hybridized carbons (Fsp3) is 0.500. The van der Waals surface area contributed by atoms with E-state index in [-0.39, 0.29) is 24.4 Å². The van der Waals surface area contributed by atoms with Crippen LogP contribution in [0.2, 0.25) is 0 Å². The van der Waals surface area contributed by atoms with Crippen LogP contribution >= 0.6 is 11.3 Å². The van der Waals surface area contributed by atoms with E-state index >= 15 is 0 Å². The highest BCUT2D eigenvalue weighted by Crippen LogP contribution is 2.19. The summed E-state index contributed by atoms with van der Waals surface area (Å²) >= 11 is 1.35. The van der Waals surface area contributed by atoms with Crippen LogP contribution in [0.1, 0.15) is 47.7 Å². The topological polar surface area (TPSA) is 95.1 Å². The summed E-state index contributed by atoms with van der Waals surface area (Å²) in [6.45, 7) is 8.87. The Balaban J connectivity index is 1.62. The Morgan fingerprint density at radius 3 is 2.35 bits per heavy atom. The molecule has 0 atom stereocenters. The van der Waals surface area contributed by atoms with Gasteiger partial charge in [-0.05, 0) is 23.6 Å². The molecular formula is C24H33N5O4S. The molecule has 34 heavy (non-hydrogen) atoms. The van der Waals surface area contributed by atoms with Crippen LogP contribution in [-0.4, -0.2) is 84.0 Å². The van der Waals surface area contributed by atoms with Crippen LogP contribution in [0, 0.1) is 0 Å². The van der Waals surface area contributed by atoms with Gasteiger partial charge in [0.2, 0.25) is 5.91 Å². The Kier molecular flexibility index (Phi) is 9.00. The second-order valence-corrected chi connectivity index (χ2v) is 9.49. The molecule has 1 aliphatic rings. The first-order chi connectivity index (χ1) is 16.3. The molecular weight excluding hydrogens is 454 g/mol. The third-order valence-electron chi connectivity index (χ3n) is 5.79. The summed E-state index contributed by atoms with van der Waals surface area (Å²) in [5, 5.41) is 5.33. The molecule has 1 aromatic carbocycles. The maximum Gasteiger partial charge on any atom is 0.322 e. The summed E-state index contributed by atoms with van der Waals surface area (Å²) in [6.07, 6.45) is 0. The average molecular weight is 488 g/mol. The number of rotatable bonds is 8. The molecule has 0 saturated carbocycles. The van der Waals surface area contributed by atoms with Gasteiger partial charge in [0.1, 0.15) is 10.7 Å². The number of anilines is 1. The molecule has 0 aliphatic carbocycles. The van der Waals surface area contributed by atoms with Crippen molar-refractivity contribution in [3.63, 3.8) is 0 Å². The minimum Gasteiger partial charge on any atom is -0.383 e. The van der Waals surface area contributed by atoms with E-state index in [2.05, 4.69) is 24.1 Å². The number of ether oxygens (including phenoxy) is 1. The van der Waals surface area contributed by atoms with Gasteiger partial charge >= 0.3 is 6.03 Å². The lowest BCUT2D eigenvalue weighted by molar-refractivity contribution is -0.130. The van der Waals surface area contributed by atoms with Crippen molar-refractivity contribution >= 4 is 34.9 Å². The van der Waals surface area contributed by atoms with Gasteiger partial charge in [-0.15, -0.1) is 11.3 Å². The van der Waals surface area contributed by atoms with Gasteiger partial charge in [-0.25, -0.2) is 9.78 Å². The third kappa shape index (κ3) is 6.77. The number of carbonyl (C=O) groups excluding carboxylic acids is 3. The molecule has 1 fully saturated rings. The Labute approximate surface area is 204 Å². The van der Waals surface area contributed by atoms with Gasteiger partial charge < -0.3 is 24.8 Å². The highest BCUT2D eigenvalue weighted by molar-refractivity contribution is 7.09. The lowest BCUT2D eigenvalue weighted by Crippen LogP contribution is -2.50. The molecule has 4 amide bonds. The van der Waals surface area contributed by atoms with Crippen molar-refractivity contribution < 1.29 is 19.1 Å². The molecule has 0 spiro atoms. The molecule has 10 heteroatoms. The zero-order valence-electron chi connectivity index (χ0n) is 20.2. The first-order valence-corrected chi connectivity index (χ1v) is 12.3. The largest absolute Gasteiger partial charge is 0.383 e. The number of piperazine rings is 1. The molecule has 1 aromatic heterocycles. The molecule has 3 rings (SSSR count). The van der Waals surface area contributed by atoms with E-state index in [0.717, 1.165) is 5.69 Å². The molecule has 2 heterocycles. The summed E-state index contributed by atoms with van der Waals surface area (Å²) in [7, 11) is 1.59. The SMILES string of the molecule is COCCN(Cc1nc(C(=O)N2CCN(C(C)=O)CC2)cs1)C(=O)Nc1ccc(C(C)C)cc1. The quantitative estimate of drug-likeness (QED) is 0.617. The number of thiazole rings is 1. The number of aromatic nitrogens is 1. The van der Waals surface area contributed by atoms with E-state index in [0.29, 0.717) is 56.0 Å². The van der Waals surface area contributed by atoms with Crippen molar-refractivity contribution in [2.24, 2.45) is 0 Å². The second kappa shape index (κ2) is 11.9. The molecule has 0 unspecified atom stereocenters. The van der Waals surface area contributed by atoms with Gasteiger partial charge in [0, 0.05) is 57.8 Å². The molecule has 1 saturated heterocycles. The number of nitrogens with zero attached hydrogens (tertiary/aromatic N) is 4. The van der Waals surface area contributed by atoms with Gasteiger partial charge in [-0.2, -0.15) is 0 Å². The first kappa shape index (κ1) is 25.6. The van der Waals surface area contributed by atoms with Crippen molar-refractivity contribution in [3.05, 3.63) is 45.9 Å². The van der Waals surface area contributed by atoms with Crippen molar-refractivity contribution in [1.82, 2.24) is 19.7 Å². The Morgan fingerprint density at radius 2 is 1.76 bits per heavy atom. The number of carbonyl (C=O) groups is 3. The van der Waals surface area contributed by atoms with Crippen LogP contribution in [-0.2, 0) is 16.1 Å². The minimum atomic E-state index is -0.252. The van der Waals surface area contributed by atoms with Crippen LogP contribution in [0.3, 0.4) is 0 Å². The Hall–Kier alpha value is -2.98. The van der Waals surface area contributed by atoms with Crippen molar-refractivity contribution in [1.29, 1.82) is 0 Å². The first-order valence-electron chi connectivity index (χ1n) is 11.4. The van der Waals surface area contributed by atoms with E-state index in [1.165, 1.54) is 23.8 Å². The van der Waals surface area contributed by atoms with E-state index in [4.69, 9.17) is 4.74 Å². The summed E-state index contributed by atoms with van der Waals surface area (Å²) in [6, 6.07) is 7.56. The van der Waals surface area contributed by atoms with Crippen molar-refractivity contribution in [2.45, 2.75) is 33.2 Å². The average Bonchev–Trinajstić information content (AvgIpc) is 3.30. The van der Waals surface area contributed by atoms with Crippen molar-refractivity contribution in [2.75, 3.05) is 51.8 Å². The van der Waals surface area contributed by atoms with Crippen molar-refractivity contribution in [3.8, 4) is 0 Å². The molecule has 2 aromatic rings. The summed E-state index contributed by atoms with van der Waals surface area (Å²) < 4.78 is 5.17. The van der Waals surface area contributed by atoms with Crippen LogP contribution in [0.5, 0.6) is 0 Å². The van der Waals surface area contributed by atoms with E-state index in [1.807, 2.05) is 24.3 Å². The fourth-order valence-corrected chi connectivity index (χ4v) is 4.42. The highest BCUT2D eigenvalue weighted by Gasteiger charge is 2.25. The molecule has 0 radical (unpaired) electrons. The summed E-state index contributed by atoms with van der Waals surface area (Å²) in [4.78, 5) is 46.9. The summed E-state index contributed by atoms with van der Waals surface area (Å²) in [5.74, 6) is 0.292. The number of hydrogen-bond acceptors (Lipinski definition) is 6. The molecule has 9 nitrogen and oxygen atoms in total. The smallest absolute Gasteiger partial charge is 0.322 e. The van der Waals surface area contributed by atoms with E-state index in [1.54, 1.807) is 27.2 Å². The predicted molar refractivity (Wildman–Crippen MR) is 132 cm³/mol. The van der Waals surface area contributed by atoms with Gasteiger partial charge in [0.05, 0.1) is 13.2 Å². The fourth-order valence-electron chi connectivity index (χ4n) is 3.64. The minimum absolute atomic E-state index is 0.0216. The van der Waals surface area contributed by atoms with Crippen LogP contribution in [0.25, 0.3) is 0 Å². The van der Waals surface area contributed by atoms with Crippen LogP contribution in [0.4, 0.5) is 10.5 Å². The van der Waals surface area contributed by atoms with E-state index in [9.17, 15) is 14.4 Å². The monoisotopic (exact) mass is 487 g/mol. The normalized spacial score (nSPS) is 13.8. The van der Waals surface area contributed by atoms with Gasteiger partial charge in [0.15, 0.2) is 0 Å². The van der Waals surface area contributed by atoms with Gasteiger partial charge in [-0.3, -0.25) is 9.59 Å². The maximum absolute atomic E-state index is 12.9. The number of urea groups is 1. The number of methoxy groups -OCH3 is 1. The maximum atomic E-state index is 12.9. The molecule has 1 N–H and O–H groups in total. The number of amides is 4. The van der Waals surface area contributed by atoms with E-state index < -0.39 is 0 Å². The van der Waals surface area contributed by atoms with Crippen LogP contribution < -0.4 is 5.32 Å². The Morgan fingerprint density at radius 1 is 1.12 bits per heavy atom. The number of nitrogens with one attached hydrogen (secondary N) is 1. The predicted octanol–water partition coefficient (Wildman–Crippen LogP) is 3.25. The number of hydrogen-bond donors (Lipinski definition) is 1. The second-order valence-electron chi connectivity index (χ2n) is 8.55. The van der Waals surface area contributed by atoms with Crippen LogP contribution in [0.15, 0.2) is 29.6 Å². The molecule has 0 bridgehead atoms. The summed E-state index contributed by atoms with van der Waals surface area (Å²) in [5.41, 5.74) is 2.29. The van der Waals surface area contributed by atoms with Gasteiger partial charge in [0.25, 0.3) is 5.91 Å². The highest BCUT2D eigenvalue weighted by atomic mass is 32.1. The third-order valence-corrected chi connectivity index (χ3v) is 6.62. The van der Waals surface area contributed by atoms with Gasteiger partial charge in [-0.1, -0.05) is 26.0 Å². The lowest BCUT2D eigenvalue weighted by Gasteiger charge is -2.33. The molecule has 1 aliphatic heterocycles. The lowest BCUT2D eigenvalue weighted by atomic mass is 10.0. The standard InChI is InChI=1S/C24H33N5O4S/c1-17(2)19-5-7-20(8-6-19)25-24(32)29(13-14-33-4)15-22-26-21(16-34-22)23(31)28-11-9-27(10-12-28)18(3)30/h5-8,16-17H,9-15H2,1-4H3,(H,25,32). The number of benzene rings is 1. The Bertz CT molecular complexity index is 984.